The quantitative estimate of drug-likeness (QED) is 0.808. The van der Waals surface area contributed by atoms with Gasteiger partial charge < -0.3 is 19.3 Å². The van der Waals surface area contributed by atoms with E-state index in [4.69, 9.17) is 14.2 Å². The first-order valence-corrected chi connectivity index (χ1v) is 7.64. The molecule has 1 aromatic rings. The Bertz CT molecular complexity index is 631. The van der Waals surface area contributed by atoms with Crippen molar-refractivity contribution in [2.75, 3.05) is 19.8 Å². The zero-order valence-electron chi connectivity index (χ0n) is 13.1. The monoisotopic (exact) mass is 320 g/mol. The van der Waals surface area contributed by atoms with Gasteiger partial charge in [-0.15, -0.1) is 0 Å². The van der Waals surface area contributed by atoms with E-state index in [-0.39, 0.29) is 5.97 Å². The van der Waals surface area contributed by atoms with E-state index in [1.807, 2.05) is 12.1 Å². The second kappa shape index (κ2) is 6.55. The Hall–Kier alpha value is -2.12. The summed E-state index contributed by atoms with van der Waals surface area (Å²) in [5, 5.41) is 12.8. The van der Waals surface area contributed by atoms with Crippen LogP contribution in [-0.4, -0.2) is 43.0 Å². The summed E-state index contributed by atoms with van der Waals surface area (Å²) >= 11 is 0. The predicted molar refractivity (Wildman–Crippen MR) is 82.5 cm³/mol. The molecule has 23 heavy (non-hydrogen) atoms. The summed E-state index contributed by atoms with van der Waals surface area (Å²) < 4.78 is 16.3. The third kappa shape index (κ3) is 3.16. The lowest BCUT2D eigenvalue weighted by atomic mass is 9.88. The van der Waals surface area contributed by atoms with Gasteiger partial charge in [0.1, 0.15) is 19.1 Å². The number of aliphatic hydroxyl groups is 1. The second-order valence-corrected chi connectivity index (χ2v) is 5.42. The third-order valence-electron chi connectivity index (χ3n) is 3.90. The molecule has 0 spiro atoms. The fourth-order valence-corrected chi connectivity index (χ4v) is 2.89. The highest BCUT2D eigenvalue weighted by Gasteiger charge is 2.38. The Labute approximate surface area is 134 Å². The van der Waals surface area contributed by atoms with Gasteiger partial charge in [-0.2, -0.15) is 0 Å². The van der Waals surface area contributed by atoms with Gasteiger partial charge in [-0.05, 0) is 31.5 Å². The topological polar surface area (TPSA) is 89.4 Å². The molecule has 124 valence electrons. The van der Waals surface area contributed by atoms with Gasteiger partial charge >= 0.3 is 5.97 Å². The summed E-state index contributed by atoms with van der Waals surface area (Å²) in [5.41, 5.74) is 1.34. The normalized spacial score (nSPS) is 26.4. The van der Waals surface area contributed by atoms with Crippen LogP contribution in [0.5, 0.6) is 11.5 Å². The summed E-state index contributed by atoms with van der Waals surface area (Å²) in [6, 6.07) is 5.03. The molecule has 2 aliphatic heterocycles. The van der Waals surface area contributed by atoms with Crippen LogP contribution in [0.1, 0.15) is 25.5 Å². The molecule has 0 bridgehead atoms. The Morgan fingerprint density at radius 1 is 1.39 bits per heavy atom. The molecule has 2 N–H and O–H groups in total. The van der Waals surface area contributed by atoms with Crippen molar-refractivity contribution in [1.82, 2.24) is 5.32 Å². The minimum atomic E-state index is -1.06. The van der Waals surface area contributed by atoms with Gasteiger partial charge in [0.05, 0.1) is 12.6 Å². The van der Waals surface area contributed by atoms with E-state index in [1.54, 1.807) is 19.9 Å². The van der Waals surface area contributed by atoms with Gasteiger partial charge in [-0.25, -0.2) is 4.99 Å². The maximum atomic E-state index is 12.3. The molecule has 7 heteroatoms. The van der Waals surface area contributed by atoms with E-state index in [1.165, 1.54) is 0 Å². The number of aliphatic hydroxyl groups excluding tert-OH is 1. The van der Waals surface area contributed by atoms with Gasteiger partial charge in [0, 0.05) is 5.71 Å². The Balaban J connectivity index is 1.95. The third-order valence-corrected chi connectivity index (χ3v) is 3.90. The number of hydrogen-bond acceptors (Lipinski definition) is 7. The van der Waals surface area contributed by atoms with Crippen molar-refractivity contribution in [3.63, 3.8) is 0 Å². The number of benzene rings is 1. The number of carbonyl (C=O) groups is 1. The number of hydrogen-bond donors (Lipinski definition) is 2. The van der Waals surface area contributed by atoms with Crippen LogP contribution in [0.25, 0.3) is 0 Å². The van der Waals surface area contributed by atoms with Crippen LogP contribution in [0.15, 0.2) is 23.2 Å². The lowest BCUT2D eigenvalue weighted by molar-refractivity contribution is -0.147. The zero-order valence-corrected chi connectivity index (χ0v) is 13.1. The lowest BCUT2D eigenvalue weighted by Gasteiger charge is -2.33. The van der Waals surface area contributed by atoms with Crippen molar-refractivity contribution in [3.8, 4) is 11.5 Å². The molecular formula is C16H20N2O5. The van der Waals surface area contributed by atoms with Gasteiger partial charge in [-0.3, -0.25) is 10.1 Å². The number of fused-ring (bicyclic) bond motifs is 1. The summed E-state index contributed by atoms with van der Waals surface area (Å²) in [4.78, 5) is 16.3. The molecule has 1 aromatic carbocycles. The zero-order chi connectivity index (χ0) is 16.4. The van der Waals surface area contributed by atoms with E-state index >= 15 is 0 Å². The smallest absolute Gasteiger partial charge is 0.316 e. The molecule has 7 nitrogen and oxygen atoms in total. The first kappa shape index (κ1) is 15.8. The number of ether oxygens (including phenoxy) is 3. The molecule has 2 aliphatic rings. The SMILES string of the molecule is CCOC(=O)C1C(C)=NC(O)NC1c1ccc2c(c1)OCCO2. The van der Waals surface area contributed by atoms with E-state index in [9.17, 15) is 9.90 Å². The average Bonchev–Trinajstić information content (AvgIpc) is 2.53. The molecule has 0 amide bonds. The van der Waals surface area contributed by atoms with E-state index in [0.717, 1.165) is 5.56 Å². The highest BCUT2D eigenvalue weighted by atomic mass is 16.6. The number of nitrogens with one attached hydrogen (secondary N) is 1. The Morgan fingerprint density at radius 2 is 2.13 bits per heavy atom. The number of carbonyl (C=O) groups excluding carboxylic acids is 1. The molecule has 0 fully saturated rings. The predicted octanol–water partition coefficient (Wildman–Crippen LogP) is 1.02. The summed E-state index contributed by atoms with van der Waals surface area (Å²) in [7, 11) is 0. The molecular weight excluding hydrogens is 300 g/mol. The minimum absolute atomic E-state index is 0.291. The van der Waals surface area contributed by atoms with Gasteiger partial charge in [0.15, 0.2) is 11.5 Å². The Kier molecular flexibility index (Phi) is 4.49. The van der Waals surface area contributed by atoms with Crippen LogP contribution in [-0.2, 0) is 9.53 Å². The van der Waals surface area contributed by atoms with Crippen LogP contribution < -0.4 is 14.8 Å². The molecule has 3 rings (SSSR count). The van der Waals surface area contributed by atoms with E-state index in [0.29, 0.717) is 37.0 Å². The van der Waals surface area contributed by atoms with Gasteiger partial charge in [-0.1, -0.05) is 6.07 Å². The van der Waals surface area contributed by atoms with Gasteiger partial charge in [0.2, 0.25) is 6.35 Å². The maximum absolute atomic E-state index is 12.3. The number of aliphatic imine (C=N–C) groups is 1. The molecule has 0 saturated carbocycles. The van der Waals surface area contributed by atoms with Crippen molar-refractivity contribution in [2.45, 2.75) is 26.2 Å². The second-order valence-electron chi connectivity index (χ2n) is 5.42. The molecule has 0 aromatic heterocycles. The fourth-order valence-electron chi connectivity index (χ4n) is 2.89. The number of rotatable bonds is 3. The van der Waals surface area contributed by atoms with Crippen LogP contribution in [0.3, 0.4) is 0 Å². The molecule has 0 aliphatic carbocycles. The fraction of sp³-hybridized carbons (Fsp3) is 0.500. The van der Waals surface area contributed by atoms with Crippen molar-refractivity contribution in [3.05, 3.63) is 23.8 Å². The standard InChI is InChI=1S/C16H20N2O5/c1-3-21-15(19)13-9(2)17-16(20)18-14(13)10-4-5-11-12(8-10)23-7-6-22-11/h4-5,8,13-14,16,18,20H,3,6-7H2,1-2H3. The molecule has 0 saturated heterocycles. The minimum Gasteiger partial charge on any atom is -0.486 e. The highest BCUT2D eigenvalue weighted by molar-refractivity contribution is 6.02. The van der Waals surface area contributed by atoms with Crippen LogP contribution in [0, 0.1) is 5.92 Å². The summed E-state index contributed by atoms with van der Waals surface area (Å²) in [6.07, 6.45) is -1.06. The van der Waals surface area contributed by atoms with E-state index in [2.05, 4.69) is 10.3 Å². The first-order chi connectivity index (χ1) is 11.1. The van der Waals surface area contributed by atoms with Crippen molar-refractivity contribution >= 4 is 11.7 Å². The van der Waals surface area contributed by atoms with Crippen LogP contribution in [0.2, 0.25) is 0 Å². The molecule has 3 atom stereocenters. The summed E-state index contributed by atoms with van der Waals surface area (Å²) in [5.74, 6) is 0.344. The van der Waals surface area contributed by atoms with Crippen LogP contribution >= 0.6 is 0 Å². The Morgan fingerprint density at radius 3 is 2.87 bits per heavy atom. The number of nitrogens with zero attached hydrogens (tertiary/aromatic N) is 1. The van der Waals surface area contributed by atoms with Gasteiger partial charge in [0.25, 0.3) is 0 Å². The number of esters is 1. The molecule has 3 unspecified atom stereocenters. The highest BCUT2D eigenvalue weighted by Crippen LogP contribution is 2.36. The van der Waals surface area contributed by atoms with Crippen molar-refractivity contribution in [2.24, 2.45) is 10.9 Å². The molecule has 0 radical (unpaired) electrons. The van der Waals surface area contributed by atoms with Crippen LogP contribution in [0.4, 0.5) is 0 Å². The average molecular weight is 320 g/mol. The van der Waals surface area contributed by atoms with E-state index < -0.39 is 18.3 Å². The largest absolute Gasteiger partial charge is 0.486 e. The lowest BCUT2D eigenvalue weighted by Crippen LogP contribution is -2.46. The van der Waals surface area contributed by atoms with Crippen molar-refractivity contribution in [1.29, 1.82) is 0 Å². The van der Waals surface area contributed by atoms with Crippen molar-refractivity contribution < 1.29 is 24.1 Å². The molecule has 2 heterocycles. The maximum Gasteiger partial charge on any atom is 0.316 e. The first-order valence-electron chi connectivity index (χ1n) is 7.64. The summed E-state index contributed by atoms with van der Waals surface area (Å²) in [6.45, 7) is 4.77.